The van der Waals surface area contributed by atoms with Gasteiger partial charge in [0.05, 0.1) is 0 Å². The lowest BCUT2D eigenvalue weighted by Gasteiger charge is -2.31. The minimum atomic E-state index is -1.80. The number of carbonyl (C=O) groups excluding carboxylic acids is 3. The summed E-state index contributed by atoms with van der Waals surface area (Å²) in [5.41, 5.74) is 1.90. The quantitative estimate of drug-likeness (QED) is 0.548. The number of aryl methyl sites for hydroxylation is 1. The molecule has 2 aromatic rings. The minimum Gasteiger partial charge on any atom is -0.352 e. The lowest BCUT2D eigenvalue weighted by molar-refractivity contribution is -0.126. The second-order valence-electron chi connectivity index (χ2n) is 8.90. The van der Waals surface area contributed by atoms with Gasteiger partial charge < -0.3 is 10.6 Å². The Morgan fingerprint density at radius 3 is 2.26 bits per heavy atom. The molecule has 2 aromatic carbocycles. The lowest BCUT2D eigenvalue weighted by atomic mass is 9.95. The second-order valence-corrected chi connectivity index (χ2v) is 10.4. The first-order valence-corrected chi connectivity index (χ1v) is 13.3. The average molecular weight is 502 g/mol. The van der Waals surface area contributed by atoms with Gasteiger partial charge in [0.2, 0.25) is 17.7 Å². The zero-order valence-corrected chi connectivity index (χ0v) is 20.9. The van der Waals surface area contributed by atoms with Gasteiger partial charge in [0, 0.05) is 28.2 Å². The van der Waals surface area contributed by atoms with Crippen molar-refractivity contribution in [2.75, 3.05) is 21.7 Å². The largest absolute Gasteiger partial charge is 0.352 e. The van der Waals surface area contributed by atoms with Crippen LogP contribution < -0.4 is 15.5 Å². The SMILES string of the molecule is Cc1ccc(N(C(=O)C[S@](=O)CC(=O)Nc2ccc(F)cc2)[C@H](C)C(=O)NC2CCCCC2)cc1. The number of hydrogen-bond acceptors (Lipinski definition) is 4. The summed E-state index contributed by atoms with van der Waals surface area (Å²) in [5.74, 6) is -2.55. The molecule has 1 aliphatic rings. The van der Waals surface area contributed by atoms with Crippen molar-refractivity contribution in [2.45, 2.75) is 58.0 Å². The van der Waals surface area contributed by atoms with E-state index in [4.69, 9.17) is 0 Å². The highest BCUT2D eigenvalue weighted by molar-refractivity contribution is 7.86. The van der Waals surface area contributed by atoms with Crippen molar-refractivity contribution >= 4 is 39.9 Å². The van der Waals surface area contributed by atoms with Crippen LogP contribution >= 0.6 is 0 Å². The first-order valence-electron chi connectivity index (χ1n) is 11.8. The van der Waals surface area contributed by atoms with E-state index in [0.717, 1.165) is 37.7 Å². The van der Waals surface area contributed by atoms with Crippen LogP contribution in [0, 0.1) is 12.7 Å². The topological polar surface area (TPSA) is 95.6 Å². The van der Waals surface area contributed by atoms with E-state index in [0.29, 0.717) is 11.4 Å². The summed E-state index contributed by atoms with van der Waals surface area (Å²) in [7, 11) is -1.80. The highest BCUT2D eigenvalue weighted by Gasteiger charge is 2.30. The molecule has 0 aromatic heterocycles. The van der Waals surface area contributed by atoms with Gasteiger partial charge in [-0.05, 0) is 63.1 Å². The summed E-state index contributed by atoms with van der Waals surface area (Å²) in [4.78, 5) is 39.8. The summed E-state index contributed by atoms with van der Waals surface area (Å²) >= 11 is 0. The Kier molecular flexibility index (Phi) is 9.54. The van der Waals surface area contributed by atoms with Gasteiger partial charge in [0.25, 0.3) is 0 Å². The van der Waals surface area contributed by atoms with Crippen LogP contribution in [-0.2, 0) is 25.2 Å². The van der Waals surface area contributed by atoms with Crippen LogP contribution in [0.4, 0.5) is 15.8 Å². The molecule has 0 aliphatic heterocycles. The molecule has 2 atom stereocenters. The Bertz CT molecular complexity index is 1050. The smallest absolute Gasteiger partial charge is 0.243 e. The summed E-state index contributed by atoms with van der Waals surface area (Å²) in [6.07, 6.45) is 5.14. The van der Waals surface area contributed by atoms with Crippen LogP contribution in [0.2, 0.25) is 0 Å². The highest BCUT2D eigenvalue weighted by Crippen LogP contribution is 2.21. The van der Waals surface area contributed by atoms with Gasteiger partial charge in [-0.1, -0.05) is 37.0 Å². The van der Waals surface area contributed by atoms with Crippen LogP contribution in [0.5, 0.6) is 0 Å². The van der Waals surface area contributed by atoms with Gasteiger partial charge in [0.15, 0.2) is 0 Å². The molecule has 0 unspecified atom stereocenters. The molecule has 7 nitrogen and oxygen atoms in total. The first-order chi connectivity index (χ1) is 16.7. The normalized spacial score (nSPS) is 15.6. The number of nitrogens with zero attached hydrogens (tertiary/aromatic N) is 1. The Morgan fingerprint density at radius 2 is 1.63 bits per heavy atom. The van der Waals surface area contributed by atoms with Crippen molar-refractivity contribution in [3.05, 3.63) is 59.9 Å². The fourth-order valence-corrected chi connectivity index (χ4v) is 4.99. The van der Waals surface area contributed by atoms with E-state index in [1.165, 1.54) is 29.2 Å². The fraction of sp³-hybridized carbons (Fsp3) is 0.423. The van der Waals surface area contributed by atoms with Gasteiger partial charge in [-0.25, -0.2) is 4.39 Å². The van der Waals surface area contributed by atoms with Crippen LogP contribution in [-0.4, -0.2) is 45.5 Å². The molecule has 0 radical (unpaired) electrons. The predicted octanol–water partition coefficient (Wildman–Crippen LogP) is 3.69. The standard InChI is InChI=1S/C26H32FN3O4S/c1-18-8-14-23(15-9-18)30(19(2)26(33)29-21-6-4-3-5-7-21)25(32)17-35(34)16-24(31)28-22-12-10-20(27)11-13-22/h8-15,19,21H,3-7,16-17H2,1-2H3,(H,28,31)(H,29,33)/t19-,35-/m1/s1. The van der Waals surface area contributed by atoms with E-state index in [1.54, 1.807) is 19.1 Å². The van der Waals surface area contributed by atoms with Gasteiger partial charge in [-0.3, -0.25) is 23.5 Å². The van der Waals surface area contributed by atoms with Crippen molar-refractivity contribution in [2.24, 2.45) is 0 Å². The highest BCUT2D eigenvalue weighted by atomic mass is 32.2. The molecular formula is C26H32FN3O4S. The number of benzene rings is 2. The van der Waals surface area contributed by atoms with E-state index >= 15 is 0 Å². The van der Waals surface area contributed by atoms with Crippen LogP contribution in [0.15, 0.2) is 48.5 Å². The third-order valence-electron chi connectivity index (χ3n) is 6.00. The minimum absolute atomic E-state index is 0.0953. The lowest BCUT2D eigenvalue weighted by Crippen LogP contribution is -2.52. The van der Waals surface area contributed by atoms with E-state index in [2.05, 4.69) is 10.6 Å². The van der Waals surface area contributed by atoms with Gasteiger partial charge >= 0.3 is 0 Å². The van der Waals surface area contributed by atoms with Gasteiger partial charge in [-0.2, -0.15) is 0 Å². The van der Waals surface area contributed by atoms with E-state index in [-0.39, 0.29) is 11.9 Å². The summed E-state index contributed by atoms with van der Waals surface area (Å²) in [6, 6.07) is 11.7. The number of hydrogen-bond donors (Lipinski definition) is 2. The van der Waals surface area contributed by atoms with E-state index in [1.807, 2.05) is 19.1 Å². The van der Waals surface area contributed by atoms with Gasteiger partial charge in [-0.15, -0.1) is 0 Å². The Labute approximate surface area is 207 Å². The Hall–Kier alpha value is -3.07. The Balaban J connectivity index is 1.66. The molecule has 3 amide bonds. The van der Waals surface area contributed by atoms with Crippen LogP contribution in [0.1, 0.15) is 44.6 Å². The number of rotatable bonds is 9. The van der Waals surface area contributed by atoms with Gasteiger partial charge in [0.1, 0.15) is 23.4 Å². The van der Waals surface area contributed by atoms with Crippen LogP contribution in [0.3, 0.4) is 0 Å². The molecule has 35 heavy (non-hydrogen) atoms. The summed E-state index contributed by atoms with van der Waals surface area (Å²) < 4.78 is 25.7. The number of halogens is 1. The van der Waals surface area contributed by atoms with E-state index < -0.39 is 46.0 Å². The molecule has 0 bridgehead atoms. The molecule has 0 spiro atoms. The van der Waals surface area contributed by atoms with Crippen molar-refractivity contribution in [3.63, 3.8) is 0 Å². The van der Waals surface area contributed by atoms with Crippen molar-refractivity contribution in [3.8, 4) is 0 Å². The number of carbonyl (C=O) groups is 3. The fourth-order valence-electron chi connectivity index (χ4n) is 4.11. The molecule has 2 N–H and O–H groups in total. The molecule has 3 rings (SSSR count). The number of nitrogens with one attached hydrogen (secondary N) is 2. The zero-order valence-electron chi connectivity index (χ0n) is 20.1. The average Bonchev–Trinajstić information content (AvgIpc) is 2.82. The second kappa shape index (κ2) is 12.6. The Morgan fingerprint density at radius 1 is 1.00 bits per heavy atom. The zero-order chi connectivity index (χ0) is 25.4. The van der Waals surface area contributed by atoms with Crippen molar-refractivity contribution < 1.29 is 23.0 Å². The van der Waals surface area contributed by atoms with Crippen molar-refractivity contribution in [1.82, 2.24) is 5.32 Å². The molecule has 0 heterocycles. The summed E-state index contributed by atoms with van der Waals surface area (Å²) in [5, 5.41) is 5.59. The molecule has 0 saturated heterocycles. The van der Waals surface area contributed by atoms with Crippen molar-refractivity contribution in [1.29, 1.82) is 0 Å². The maximum Gasteiger partial charge on any atom is 0.243 e. The first kappa shape index (κ1) is 26.5. The van der Waals surface area contributed by atoms with Crippen LogP contribution in [0.25, 0.3) is 0 Å². The third-order valence-corrected chi connectivity index (χ3v) is 7.16. The number of amides is 3. The molecule has 188 valence electrons. The summed E-state index contributed by atoms with van der Waals surface area (Å²) in [6.45, 7) is 3.57. The predicted molar refractivity (Wildman–Crippen MR) is 136 cm³/mol. The maximum atomic E-state index is 13.2. The molecule has 1 fully saturated rings. The molecule has 1 aliphatic carbocycles. The maximum absolute atomic E-state index is 13.2. The third kappa shape index (κ3) is 7.99. The molecule has 1 saturated carbocycles. The molecule has 9 heteroatoms. The monoisotopic (exact) mass is 501 g/mol. The van der Waals surface area contributed by atoms with E-state index in [9.17, 15) is 23.0 Å². The number of anilines is 2. The molecular weight excluding hydrogens is 469 g/mol.